The molecule has 0 saturated carbocycles. The van der Waals surface area contributed by atoms with Gasteiger partial charge in [0.2, 0.25) is 0 Å². The normalized spacial score (nSPS) is 10.9. The van der Waals surface area contributed by atoms with E-state index >= 15 is 0 Å². The van der Waals surface area contributed by atoms with Crippen LogP contribution in [0.1, 0.15) is 15.9 Å². The molecule has 8 nitrogen and oxygen atoms in total. The van der Waals surface area contributed by atoms with Crippen molar-refractivity contribution >= 4 is 38.3 Å². The van der Waals surface area contributed by atoms with Gasteiger partial charge >= 0.3 is 6.61 Å². The molecule has 146 valence electrons. The van der Waals surface area contributed by atoms with Crippen molar-refractivity contribution in [2.24, 2.45) is 0 Å². The highest BCUT2D eigenvalue weighted by atomic mass is 32.1. The molecule has 0 radical (unpaired) electrons. The zero-order valence-electron chi connectivity index (χ0n) is 14.6. The number of aryl methyl sites for hydroxylation is 1. The van der Waals surface area contributed by atoms with Gasteiger partial charge < -0.3 is 9.47 Å². The highest BCUT2D eigenvalue weighted by Gasteiger charge is 2.26. The van der Waals surface area contributed by atoms with Gasteiger partial charge in [0.1, 0.15) is 5.56 Å². The van der Waals surface area contributed by atoms with Gasteiger partial charge in [-0.3, -0.25) is 20.2 Å². The molecular formula is C17H13F2N3O5S. The Morgan fingerprint density at radius 1 is 1.32 bits per heavy atom. The highest BCUT2D eigenvalue weighted by Crippen LogP contribution is 2.36. The fourth-order valence-electron chi connectivity index (χ4n) is 2.53. The number of halogens is 2. The van der Waals surface area contributed by atoms with Crippen molar-refractivity contribution in [1.82, 2.24) is 4.98 Å². The van der Waals surface area contributed by atoms with Crippen molar-refractivity contribution in [1.29, 1.82) is 0 Å². The van der Waals surface area contributed by atoms with Crippen LogP contribution in [0, 0.1) is 17.0 Å². The first-order valence-electron chi connectivity index (χ1n) is 7.79. The molecule has 1 aromatic heterocycles. The van der Waals surface area contributed by atoms with Gasteiger partial charge in [0.25, 0.3) is 11.6 Å². The summed E-state index contributed by atoms with van der Waals surface area (Å²) in [5, 5.41) is 14.1. The molecular weight excluding hydrogens is 396 g/mol. The molecule has 0 bridgehead atoms. The number of aromatic nitrogens is 1. The van der Waals surface area contributed by atoms with Gasteiger partial charge in [0.15, 0.2) is 16.6 Å². The third-order valence-corrected chi connectivity index (χ3v) is 4.72. The molecule has 1 amide bonds. The third kappa shape index (κ3) is 3.83. The smallest absolute Gasteiger partial charge is 0.387 e. The maximum atomic E-state index is 12.6. The zero-order chi connectivity index (χ0) is 20.4. The summed E-state index contributed by atoms with van der Waals surface area (Å²) in [7, 11) is 1.16. The van der Waals surface area contributed by atoms with E-state index in [4.69, 9.17) is 4.74 Å². The predicted octanol–water partition coefficient (Wildman–Crippen LogP) is 4.38. The Hall–Kier alpha value is -3.34. The van der Waals surface area contributed by atoms with Crippen molar-refractivity contribution in [3.63, 3.8) is 0 Å². The molecule has 0 aliphatic carbocycles. The molecule has 0 fully saturated rings. The molecule has 0 aliphatic rings. The first kappa shape index (κ1) is 19.4. The van der Waals surface area contributed by atoms with Crippen molar-refractivity contribution < 1.29 is 28.0 Å². The Balaban J connectivity index is 1.99. The van der Waals surface area contributed by atoms with E-state index in [1.165, 1.54) is 11.3 Å². The van der Waals surface area contributed by atoms with E-state index in [9.17, 15) is 23.7 Å². The van der Waals surface area contributed by atoms with E-state index in [0.29, 0.717) is 5.52 Å². The quantitative estimate of drug-likeness (QED) is 0.479. The van der Waals surface area contributed by atoms with Crippen molar-refractivity contribution in [3.05, 3.63) is 51.6 Å². The average molecular weight is 409 g/mol. The lowest BCUT2D eigenvalue weighted by atomic mass is 10.1. The number of methoxy groups -OCH3 is 1. The van der Waals surface area contributed by atoms with Gasteiger partial charge in [-0.05, 0) is 18.6 Å². The average Bonchev–Trinajstić information content (AvgIpc) is 3.04. The number of ether oxygens (including phenoxy) is 2. The van der Waals surface area contributed by atoms with Crippen LogP contribution in [0.4, 0.5) is 19.6 Å². The Labute approximate surface area is 160 Å². The van der Waals surface area contributed by atoms with Gasteiger partial charge in [0, 0.05) is 6.07 Å². The fraction of sp³-hybridized carbons (Fsp3) is 0.176. The number of nitrogens with one attached hydrogen (secondary N) is 1. The third-order valence-electron chi connectivity index (χ3n) is 3.78. The van der Waals surface area contributed by atoms with Crippen molar-refractivity contribution in [2.45, 2.75) is 13.5 Å². The molecule has 0 spiro atoms. The van der Waals surface area contributed by atoms with E-state index in [1.807, 2.05) is 25.1 Å². The number of para-hydroxylation sites is 1. The van der Waals surface area contributed by atoms with Crippen LogP contribution in [-0.2, 0) is 0 Å². The summed E-state index contributed by atoms with van der Waals surface area (Å²) >= 11 is 1.20. The number of nitro groups is 1. The summed E-state index contributed by atoms with van der Waals surface area (Å²) in [6.45, 7) is -1.34. The number of alkyl halides is 2. The number of thiazole rings is 1. The number of carbonyl (C=O) groups is 1. The van der Waals surface area contributed by atoms with Crippen LogP contribution >= 0.6 is 11.3 Å². The molecule has 11 heteroatoms. The first-order valence-corrected chi connectivity index (χ1v) is 8.60. The van der Waals surface area contributed by atoms with Crippen LogP contribution in [0.3, 0.4) is 0 Å². The summed E-state index contributed by atoms with van der Waals surface area (Å²) < 4.78 is 35.0. The second-order valence-corrected chi connectivity index (χ2v) is 6.58. The van der Waals surface area contributed by atoms with Gasteiger partial charge in [-0.15, -0.1) is 0 Å². The maximum absolute atomic E-state index is 12.6. The lowest BCUT2D eigenvalue weighted by molar-refractivity contribution is -0.385. The molecule has 0 unspecified atom stereocenters. The number of rotatable bonds is 6. The van der Waals surface area contributed by atoms with Crippen molar-refractivity contribution in [3.8, 4) is 11.5 Å². The number of anilines is 1. The molecule has 0 aliphatic heterocycles. The number of hydrogen-bond acceptors (Lipinski definition) is 7. The summed E-state index contributed by atoms with van der Waals surface area (Å²) in [6, 6.07) is 7.24. The molecule has 2 aromatic carbocycles. The lowest BCUT2D eigenvalue weighted by Gasteiger charge is -2.11. The van der Waals surface area contributed by atoms with Crippen LogP contribution in [-0.4, -0.2) is 29.5 Å². The zero-order valence-corrected chi connectivity index (χ0v) is 15.4. The monoisotopic (exact) mass is 409 g/mol. The topological polar surface area (TPSA) is 104 Å². The molecule has 28 heavy (non-hydrogen) atoms. The minimum absolute atomic E-state index is 0.240. The van der Waals surface area contributed by atoms with E-state index in [1.54, 1.807) is 0 Å². The van der Waals surface area contributed by atoms with Gasteiger partial charge in [-0.1, -0.05) is 23.5 Å². The largest absolute Gasteiger partial charge is 0.493 e. The van der Waals surface area contributed by atoms with E-state index < -0.39 is 28.9 Å². The molecule has 3 rings (SSSR count). The molecule has 0 atom stereocenters. The number of amides is 1. The van der Waals surface area contributed by atoms with Crippen molar-refractivity contribution in [2.75, 3.05) is 12.4 Å². The fourth-order valence-corrected chi connectivity index (χ4v) is 3.47. The Morgan fingerprint density at radius 2 is 2.07 bits per heavy atom. The summed E-state index contributed by atoms with van der Waals surface area (Å²) in [5.41, 5.74) is 0.539. The van der Waals surface area contributed by atoms with Gasteiger partial charge in [-0.2, -0.15) is 8.78 Å². The van der Waals surface area contributed by atoms with Gasteiger partial charge in [0.05, 0.1) is 28.3 Å². The number of benzene rings is 2. The predicted molar refractivity (Wildman–Crippen MR) is 98.6 cm³/mol. The van der Waals surface area contributed by atoms with Crippen LogP contribution in [0.15, 0.2) is 30.3 Å². The summed E-state index contributed by atoms with van der Waals surface area (Å²) in [5.74, 6) is -1.61. The van der Waals surface area contributed by atoms with Crippen LogP contribution in [0.25, 0.3) is 10.2 Å². The van der Waals surface area contributed by atoms with E-state index in [2.05, 4.69) is 15.0 Å². The second-order valence-electron chi connectivity index (χ2n) is 5.55. The number of nitro benzene ring substituents is 1. The number of carbonyl (C=O) groups excluding carboxylic acids is 1. The minimum Gasteiger partial charge on any atom is -0.493 e. The SMILES string of the molecule is COc1cc(C(=O)Nc2nc3c(C)cccc3s2)c([N+](=O)[O-])cc1OC(F)F. The standard InChI is InChI=1S/C17H13F2N3O5S/c1-8-4-3-5-13-14(8)20-17(28-13)21-15(23)9-6-11(26-2)12(27-16(18)19)7-10(9)22(24)25/h3-7,16H,1-2H3,(H,20,21,23). The number of fused-ring (bicyclic) bond motifs is 1. The Bertz CT molecular complexity index is 1070. The van der Waals surface area contributed by atoms with E-state index in [-0.39, 0.29) is 16.4 Å². The summed E-state index contributed by atoms with van der Waals surface area (Å²) in [4.78, 5) is 27.4. The Morgan fingerprint density at radius 3 is 2.68 bits per heavy atom. The maximum Gasteiger partial charge on any atom is 0.387 e. The lowest BCUT2D eigenvalue weighted by Crippen LogP contribution is -2.15. The van der Waals surface area contributed by atoms with E-state index in [0.717, 1.165) is 29.5 Å². The molecule has 1 heterocycles. The summed E-state index contributed by atoms with van der Waals surface area (Å²) in [6.07, 6.45) is 0. The minimum atomic E-state index is -3.21. The molecule has 1 N–H and O–H groups in total. The second kappa shape index (κ2) is 7.72. The van der Waals surface area contributed by atoms with Crippen LogP contribution < -0.4 is 14.8 Å². The van der Waals surface area contributed by atoms with Crippen LogP contribution in [0.2, 0.25) is 0 Å². The van der Waals surface area contributed by atoms with Crippen LogP contribution in [0.5, 0.6) is 11.5 Å². The van der Waals surface area contributed by atoms with Gasteiger partial charge in [-0.25, -0.2) is 4.98 Å². The molecule has 3 aromatic rings. The molecule has 0 saturated heterocycles. The number of hydrogen-bond donors (Lipinski definition) is 1. The Kier molecular flexibility index (Phi) is 5.36. The number of nitrogens with zero attached hydrogens (tertiary/aromatic N) is 2. The first-order chi connectivity index (χ1) is 13.3. The highest BCUT2D eigenvalue weighted by molar-refractivity contribution is 7.22.